The van der Waals surface area contributed by atoms with Gasteiger partial charge in [0.1, 0.15) is 18.7 Å². The predicted molar refractivity (Wildman–Crippen MR) is 57.9 cm³/mol. The summed E-state index contributed by atoms with van der Waals surface area (Å²) in [5.41, 5.74) is 4.48. The number of aromatic nitrogens is 3. The lowest BCUT2D eigenvalue weighted by atomic mass is 10.2. The van der Waals surface area contributed by atoms with Gasteiger partial charge in [-0.2, -0.15) is 5.26 Å². The highest BCUT2D eigenvalue weighted by atomic mass is 79.9. The van der Waals surface area contributed by atoms with Gasteiger partial charge in [-0.3, -0.25) is 5.43 Å². The van der Waals surface area contributed by atoms with Crippen molar-refractivity contribution in [3.63, 3.8) is 0 Å². The molecule has 1 aromatic heterocycles. The van der Waals surface area contributed by atoms with Gasteiger partial charge in [0.05, 0.1) is 11.3 Å². The normalized spacial score (nSPS) is 9.60. The minimum absolute atomic E-state index is 0.601. The van der Waals surface area contributed by atoms with Crippen LogP contribution in [-0.2, 0) is 0 Å². The fourth-order valence-electron chi connectivity index (χ4n) is 1.08. The second-order valence-corrected chi connectivity index (χ2v) is 3.64. The summed E-state index contributed by atoms with van der Waals surface area (Å²) in [4.78, 5) is 0. The number of anilines is 1. The molecule has 0 amide bonds. The lowest BCUT2D eigenvalue weighted by Crippen LogP contribution is -2.05. The molecule has 5 nitrogen and oxygen atoms in total. The zero-order chi connectivity index (χ0) is 10.7. The molecule has 0 atom stereocenters. The van der Waals surface area contributed by atoms with Crippen molar-refractivity contribution in [2.75, 3.05) is 5.43 Å². The molecule has 1 N–H and O–H groups in total. The molecule has 0 saturated heterocycles. The predicted octanol–water partition coefficient (Wildman–Crippen LogP) is 1.79. The van der Waals surface area contributed by atoms with Gasteiger partial charge in [0.15, 0.2) is 0 Å². The van der Waals surface area contributed by atoms with Crippen LogP contribution in [-0.4, -0.2) is 14.9 Å². The van der Waals surface area contributed by atoms with Crippen LogP contribution in [0.3, 0.4) is 0 Å². The first kappa shape index (κ1) is 9.68. The van der Waals surface area contributed by atoms with Crippen LogP contribution in [0, 0.1) is 11.3 Å². The van der Waals surface area contributed by atoms with E-state index < -0.39 is 0 Å². The summed E-state index contributed by atoms with van der Waals surface area (Å²) in [5, 5.41) is 16.1. The van der Waals surface area contributed by atoms with E-state index in [0.717, 1.165) is 10.2 Å². The second-order valence-electron chi connectivity index (χ2n) is 2.79. The standard InChI is InChI=1S/C9H6BrN5/c10-9-3-8(2-1-7(9)4-11)14-15-5-12-13-6-15/h1-3,5-6,14H. The second kappa shape index (κ2) is 4.11. The number of hydrogen-bond donors (Lipinski definition) is 1. The molecule has 0 bridgehead atoms. The number of benzene rings is 1. The molecule has 6 heteroatoms. The summed E-state index contributed by atoms with van der Waals surface area (Å²) in [5.74, 6) is 0. The molecule has 74 valence electrons. The first-order valence-electron chi connectivity index (χ1n) is 4.11. The summed E-state index contributed by atoms with van der Waals surface area (Å²) >= 11 is 3.31. The summed E-state index contributed by atoms with van der Waals surface area (Å²) in [6.45, 7) is 0. The van der Waals surface area contributed by atoms with E-state index >= 15 is 0 Å². The van der Waals surface area contributed by atoms with Crippen molar-refractivity contribution in [1.82, 2.24) is 14.9 Å². The van der Waals surface area contributed by atoms with E-state index in [2.05, 4.69) is 37.6 Å². The zero-order valence-electron chi connectivity index (χ0n) is 7.55. The molecule has 0 unspecified atom stereocenters. The highest BCUT2D eigenvalue weighted by Crippen LogP contribution is 2.20. The van der Waals surface area contributed by atoms with Crippen molar-refractivity contribution in [1.29, 1.82) is 5.26 Å². The van der Waals surface area contributed by atoms with E-state index in [9.17, 15) is 0 Å². The fraction of sp³-hybridized carbons (Fsp3) is 0. The maximum atomic E-state index is 8.74. The summed E-state index contributed by atoms with van der Waals surface area (Å²) in [6, 6.07) is 7.43. The number of nitrogens with one attached hydrogen (secondary N) is 1. The molecule has 0 spiro atoms. The largest absolute Gasteiger partial charge is 0.292 e. The Morgan fingerprint density at radius 3 is 2.67 bits per heavy atom. The Kier molecular flexibility index (Phi) is 2.65. The Bertz CT molecular complexity index is 500. The first-order valence-corrected chi connectivity index (χ1v) is 4.90. The van der Waals surface area contributed by atoms with E-state index in [1.807, 2.05) is 12.1 Å². The minimum Gasteiger partial charge on any atom is -0.292 e. The van der Waals surface area contributed by atoms with Gasteiger partial charge in [-0.1, -0.05) is 0 Å². The van der Waals surface area contributed by atoms with E-state index in [1.54, 1.807) is 23.4 Å². The van der Waals surface area contributed by atoms with E-state index in [4.69, 9.17) is 5.26 Å². The third-order valence-electron chi connectivity index (χ3n) is 1.77. The maximum Gasteiger partial charge on any atom is 0.139 e. The molecule has 0 aliphatic carbocycles. The van der Waals surface area contributed by atoms with Crippen LogP contribution in [0.4, 0.5) is 5.69 Å². The topological polar surface area (TPSA) is 66.5 Å². The van der Waals surface area contributed by atoms with Crippen LogP contribution in [0.15, 0.2) is 35.3 Å². The Morgan fingerprint density at radius 1 is 1.33 bits per heavy atom. The SMILES string of the molecule is N#Cc1ccc(Nn2cnnc2)cc1Br. The van der Waals surface area contributed by atoms with Crippen LogP contribution in [0.25, 0.3) is 0 Å². The van der Waals surface area contributed by atoms with Gasteiger partial charge in [-0.05, 0) is 34.1 Å². The Morgan fingerprint density at radius 2 is 2.07 bits per heavy atom. The molecule has 1 aromatic carbocycles. The van der Waals surface area contributed by atoms with Crippen LogP contribution in [0.1, 0.15) is 5.56 Å². The maximum absolute atomic E-state index is 8.74. The molecule has 1 heterocycles. The number of nitriles is 1. The van der Waals surface area contributed by atoms with Crippen molar-refractivity contribution >= 4 is 21.6 Å². The third kappa shape index (κ3) is 2.14. The molecular weight excluding hydrogens is 258 g/mol. The van der Waals surface area contributed by atoms with Crippen LogP contribution < -0.4 is 5.43 Å². The lowest BCUT2D eigenvalue weighted by Gasteiger charge is -2.06. The monoisotopic (exact) mass is 263 g/mol. The van der Waals surface area contributed by atoms with Gasteiger partial charge in [0.25, 0.3) is 0 Å². The number of nitrogens with zero attached hydrogens (tertiary/aromatic N) is 4. The summed E-state index contributed by atoms with van der Waals surface area (Å²) in [6.07, 6.45) is 3.10. The molecule has 0 fully saturated rings. The van der Waals surface area contributed by atoms with Gasteiger partial charge >= 0.3 is 0 Å². The summed E-state index contributed by atoms with van der Waals surface area (Å²) in [7, 11) is 0. The Balaban J connectivity index is 2.24. The van der Waals surface area contributed by atoms with Crippen molar-refractivity contribution in [3.05, 3.63) is 40.9 Å². The van der Waals surface area contributed by atoms with Gasteiger partial charge in [0.2, 0.25) is 0 Å². The van der Waals surface area contributed by atoms with Gasteiger partial charge in [-0.25, -0.2) is 4.68 Å². The highest BCUT2D eigenvalue weighted by molar-refractivity contribution is 9.10. The Labute approximate surface area is 94.5 Å². The van der Waals surface area contributed by atoms with Crippen LogP contribution in [0.2, 0.25) is 0 Å². The van der Waals surface area contributed by atoms with Gasteiger partial charge in [0, 0.05) is 4.47 Å². The molecule has 0 aliphatic heterocycles. The van der Waals surface area contributed by atoms with E-state index in [1.165, 1.54) is 0 Å². The van der Waals surface area contributed by atoms with E-state index in [0.29, 0.717) is 5.56 Å². The van der Waals surface area contributed by atoms with E-state index in [-0.39, 0.29) is 0 Å². The molecule has 0 radical (unpaired) electrons. The first-order chi connectivity index (χ1) is 7.29. The minimum atomic E-state index is 0.601. The average molecular weight is 264 g/mol. The lowest BCUT2D eigenvalue weighted by molar-refractivity contribution is 0.951. The number of rotatable bonds is 2. The molecule has 0 saturated carbocycles. The van der Waals surface area contributed by atoms with Crippen molar-refractivity contribution in [2.24, 2.45) is 0 Å². The van der Waals surface area contributed by atoms with Gasteiger partial charge in [-0.15, -0.1) is 10.2 Å². The highest BCUT2D eigenvalue weighted by Gasteiger charge is 2.00. The van der Waals surface area contributed by atoms with Crippen LogP contribution >= 0.6 is 15.9 Å². The number of hydrogen-bond acceptors (Lipinski definition) is 4. The average Bonchev–Trinajstić information content (AvgIpc) is 2.71. The van der Waals surface area contributed by atoms with Crippen LogP contribution in [0.5, 0.6) is 0 Å². The van der Waals surface area contributed by atoms with Crippen molar-refractivity contribution in [3.8, 4) is 6.07 Å². The fourth-order valence-corrected chi connectivity index (χ4v) is 1.55. The number of halogens is 1. The molecule has 2 rings (SSSR count). The smallest absolute Gasteiger partial charge is 0.139 e. The third-order valence-corrected chi connectivity index (χ3v) is 2.42. The van der Waals surface area contributed by atoms with Crippen molar-refractivity contribution in [2.45, 2.75) is 0 Å². The zero-order valence-corrected chi connectivity index (χ0v) is 9.14. The van der Waals surface area contributed by atoms with Gasteiger partial charge < -0.3 is 0 Å². The van der Waals surface area contributed by atoms with Crippen molar-refractivity contribution < 1.29 is 0 Å². The summed E-state index contributed by atoms with van der Waals surface area (Å²) < 4.78 is 2.37. The molecule has 0 aliphatic rings. The molecule has 2 aromatic rings. The Hall–Kier alpha value is -1.87. The molecule has 15 heavy (non-hydrogen) atoms. The quantitative estimate of drug-likeness (QED) is 0.897. The molecular formula is C9H6BrN5.